The zero-order valence-corrected chi connectivity index (χ0v) is 9.73. The second-order valence-corrected chi connectivity index (χ2v) is 3.47. The van der Waals surface area contributed by atoms with Crippen molar-refractivity contribution in [1.29, 1.82) is 0 Å². The van der Waals surface area contributed by atoms with Crippen LogP contribution in [0.5, 0.6) is 11.5 Å². The normalized spacial score (nSPS) is 11.6. The van der Waals surface area contributed by atoms with Crippen molar-refractivity contribution in [3.05, 3.63) is 29.3 Å². The molecule has 0 heterocycles. The Hall–Kier alpha value is -1.48. The van der Waals surface area contributed by atoms with Crippen molar-refractivity contribution in [2.24, 2.45) is 0 Å². The zero-order valence-electron chi connectivity index (χ0n) is 9.73. The lowest BCUT2D eigenvalue weighted by atomic mass is 10.1. The van der Waals surface area contributed by atoms with Crippen molar-refractivity contribution >= 4 is 6.08 Å². The van der Waals surface area contributed by atoms with Crippen LogP contribution in [0.2, 0.25) is 0 Å². The fourth-order valence-electron chi connectivity index (χ4n) is 1.39. The second-order valence-electron chi connectivity index (χ2n) is 3.47. The van der Waals surface area contributed by atoms with E-state index in [1.807, 2.05) is 19.9 Å². The minimum absolute atomic E-state index is 0.0569. The molecule has 1 aromatic rings. The standard InChI is InChI=1S/C13H18O3/c1-3-10(9-14)7-11-5-6-12(15)13(8-11)16-4-2/h5-8,14-15H,3-4,9H2,1-2H3. The number of phenolic OH excluding ortho intramolecular Hbond substituents is 1. The van der Waals surface area contributed by atoms with Crippen molar-refractivity contribution in [1.82, 2.24) is 0 Å². The van der Waals surface area contributed by atoms with Crippen molar-refractivity contribution < 1.29 is 14.9 Å². The summed E-state index contributed by atoms with van der Waals surface area (Å²) in [4.78, 5) is 0. The highest BCUT2D eigenvalue weighted by atomic mass is 16.5. The van der Waals surface area contributed by atoms with Crippen molar-refractivity contribution in [2.45, 2.75) is 20.3 Å². The average molecular weight is 222 g/mol. The van der Waals surface area contributed by atoms with Gasteiger partial charge in [-0.1, -0.05) is 19.1 Å². The number of benzene rings is 1. The van der Waals surface area contributed by atoms with Gasteiger partial charge < -0.3 is 14.9 Å². The summed E-state index contributed by atoms with van der Waals surface area (Å²) in [5.74, 6) is 0.616. The SMILES string of the molecule is CCOc1cc(C=C(CC)CO)ccc1O. The second kappa shape index (κ2) is 6.18. The van der Waals surface area contributed by atoms with Gasteiger partial charge in [0.1, 0.15) is 0 Å². The van der Waals surface area contributed by atoms with Gasteiger partial charge in [0.15, 0.2) is 11.5 Å². The third-order valence-corrected chi connectivity index (χ3v) is 2.31. The third-order valence-electron chi connectivity index (χ3n) is 2.31. The molecule has 0 saturated carbocycles. The lowest BCUT2D eigenvalue weighted by molar-refractivity contribution is 0.318. The Bertz CT molecular complexity index is 363. The molecule has 0 saturated heterocycles. The first-order chi connectivity index (χ1) is 7.71. The number of aromatic hydroxyl groups is 1. The van der Waals surface area contributed by atoms with Gasteiger partial charge in [-0.25, -0.2) is 0 Å². The van der Waals surface area contributed by atoms with Gasteiger partial charge in [0.2, 0.25) is 0 Å². The summed E-state index contributed by atoms with van der Waals surface area (Å²) in [5.41, 5.74) is 1.88. The van der Waals surface area contributed by atoms with E-state index >= 15 is 0 Å². The first-order valence-corrected chi connectivity index (χ1v) is 5.47. The van der Waals surface area contributed by atoms with Gasteiger partial charge in [0.25, 0.3) is 0 Å². The Balaban J connectivity index is 2.98. The lowest BCUT2D eigenvalue weighted by Crippen LogP contribution is -1.93. The lowest BCUT2D eigenvalue weighted by Gasteiger charge is -2.07. The van der Waals surface area contributed by atoms with Crippen LogP contribution < -0.4 is 4.74 Å². The molecule has 3 heteroatoms. The van der Waals surface area contributed by atoms with Crippen molar-refractivity contribution in [3.63, 3.8) is 0 Å². The summed E-state index contributed by atoms with van der Waals surface area (Å²) < 4.78 is 5.28. The monoisotopic (exact) mass is 222 g/mol. The highest BCUT2D eigenvalue weighted by Crippen LogP contribution is 2.27. The molecule has 16 heavy (non-hydrogen) atoms. The molecular formula is C13H18O3. The molecule has 2 N–H and O–H groups in total. The summed E-state index contributed by atoms with van der Waals surface area (Å²) in [6.07, 6.45) is 2.71. The van der Waals surface area contributed by atoms with E-state index in [1.54, 1.807) is 18.2 Å². The Morgan fingerprint density at radius 3 is 2.69 bits per heavy atom. The number of ether oxygens (including phenoxy) is 1. The van der Waals surface area contributed by atoms with E-state index in [2.05, 4.69) is 0 Å². The Morgan fingerprint density at radius 1 is 1.38 bits per heavy atom. The van der Waals surface area contributed by atoms with Gasteiger partial charge in [-0.3, -0.25) is 0 Å². The summed E-state index contributed by atoms with van der Waals surface area (Å²) in [5, 5.41) is 18.6. The summed E-state index contributed by atoms with van der Waals surface area (Å²) in [7, 11) is 0. The molecule has 0 fully saturated rings. The zero-order chi connectivity index (χ0) is 12.0. The van der Waals surface area contributed by atoms with Crippen LogP contribution in [0.4, 0.5) is 0 Å². The van der Waals surface area contributed by atoms with Crippen LogP contribution in [0.15, 0.2) is 23.8 Å². The molecule has 0 radical (unpaired) electrons. The highest BCUT2D eigenvalue weighted by molar-refractivity contribution is 5.57. The number of hydrogen-bond donors (Lipinski definition) is 2. The van der Waals surface area contributed by atoms with Crippen LogP contribution in [-0.4, -0.2) is 23.4 Å². The molecule has 1 rings (SSSR count). The van der Waals surface area contributed by atoms with E-state index in [4.69, 9.17) is 9.84 Å². The fourth-order valence-corrected chi connectivity index (χ4v) is 1.39. The Labute approximate surface area is 96.0 Å². The molecule has 1 aromatic carbocycles. The summed E-state index contributed by atoms with van der Waals surface area (Å²) >= 11 is 0. The fraction of sp³-hybridized carbons (Fsp3) is 0.385. The van der Waals surface area contributed by atoms with E-state index in [9.17, 15) is 5.11 Å². The summed E-state index contributed by atoms with van der Waals surface area (Å²) in [6.45, 7) is 4.43. The number of aliphatic hydroxyl groups is 1. The largest absolute Gasteiger partial charge is 0.504 e. The average Bonchev–Trinajstić information content (AvgIpc) is 2.30. The van der Waals surface area contributed by atoms with Crippen molar-refractivity contribution in [2.75, 3.05) is 13.2 Å². The minimum atomic E-state index is 0.0569. The maximum atomic E-state index is 9.52. The first-order valence-electron chi connectivity index (χ1n) is 5.47. The summed E-state index contributed by atoms with van der Waals surface area (Å²) in [6, 6.07) is 5.16. The molecule has 0 bridgehead atoms. The van der Waals surface area contributed by atoms with E-state index in [0.717, 1.165) is 17.6 Å². The maximum Gasteiger partial charge on any atom is 0.161 e. The molecule has 0 amide bonds. The highest BCUT2D eigenvalue weighted by Gasteiger charge is 2.02. The van der Waals surface area contributed by atoms with Gasteiger partial charge in [0, 0.05) is 0 Å². The van der Waals surface area contributed by atoms with Crippen LogP contribution in [0.25, 0.3) is 6.08 Å². The minimum Gasteiger partial charge on any atom is -0.504 e. The van der Waals surface area contributed by atoms with Crippen molar-refractivity contribution in [3.8, 4) is 11.5 Å². The van der Waals surface area contributed by atoms with Gasteiger partial charge in [-0.2, -0.15) is 0 Å². The van der Waals surface area contributed by atoms with Crippen LogP contribution in [0.3, 0.4) is 0 Å². The molecule has 0 spiro atoms. The predicted octanol–water partition coefficient (Wildman–Crippen LogP) is 2.58. The number of hydrogen-bond acceptors (Lipinski definition) is 3. The van der Waals surface area contributed by atoms with Gasteiger partial charge in [-0.15, -0.1) is 0 Å². The molecule has 0 aromatic heterocycles. The van der Waals surface area contributed by atoms with Crippen LogP contribution in [-0.2, 0) is 0 Å². The predicted molar refractivity (Wildman–Crippen MR) is 64.6 cm³/mol. The van der Waals surface area contributed by atoms with Gasteiger partial charge >= 0.3 is 0 Å². The van der Waals surface area contributed by atoms with Gasteiger partial charge in [0.05, 0.1) is 13.2 Å². The van der Waals surface area contributed by atoms with Crippen LogP contribution >= 0.6 is 0 Å². The van der Waals surface area contributed by atoms with Crippen LogP contribution in [0, 0.1) is 0 Å². The number of aliphatic hydroxyl groups excluding tert-OH is 1. The van der Waals surface area contributed by atoms with E-state index in [1.165, 1.54) is 0 Å². The number of phenols is 1. The smallest absolute Gasteiger partial charge is 0.161 e. The maximum absolute atomic E-state index is 9.52. The number of rotatable bonds is 5. The topological polar surface area (TPSA) is 49.7 Å². The van der Waals surface area contributed by atoms with Crippen LogP contribution in [0.1, 0.15) is 25.8 Å². The molecule has 0 atom stereocenters. The molecule has 0 unspecified atom stereocenters. The Morgan fingerprint density at radius 2 is 2.12 bits per heavy atom. The third kappa shape index (κ3) is 3.28. The Kier molecular flexibility index (Phi) is 4.86. The molecule has 0 aliphatic carbocycles. The van der Waals surface area contributed by atoms with E-state index in [0.29, 0.717) is 12.4 Å². The quantitative estimate of drug-likeness (QED) is 0.805. The van der Waals surface area contributed by atoms with E-state index < -0.39 is 0 Å². The van der Waals surface area contributed by atoms with E-state index in [-0.39, 0.29) is 12.4 Å². The molecule has 0 aliphatic heterocycles. The van der Waals surface area contributed by atoms with Gasteiger partial charge in [-0.05, 0) is 36.6 Å². The molecule has 88 valence electrons. The first kappa shape index (κ1) is 12.6. The molecule has 3 nitrogen and oxygen atoms in total. The molecular weight excluding hydrogens is 204 g/mol. The molecule has 0 aliphatic rings.